The Labute approximate surface area is 235 Å². The van der Waals surface area contributed by atoms with Gasteiger partial charge in [-0.1, -0.05) is 57.5 Å². The van der Waals surface area contributed by atoms with Gasteiger partial charge in [-0.3, -0.25) is 19.5 Å². The Hall–Kier alpha value is -2.77. The molecule has 1 aromatic carbocycles. The lowest BCUT2D eigenvalue weighted by Crippen LogP contribution is -2.73. The van der Waals surface area contributed by atoms with Crippen LogP contribution in [-0.2, 0) is 29.1 Å². The van der Waals surface area contributed by atoms with Crippen LogP contribution in [-0.4, -0.2) is 76.3 Å². The van der Waals surface area contributed by atoms with Gasteiger partial charge in [-0.15, -0.1) is 0 Å². The predicted octanol–water partition coefficient (Wildman–Crippen LogP) is 4.26. The summed E-state index contributed by atoms with van der Waals surface area (Å²) in [7, 11) is 2.15. The van der Waals surface area contributed by atoms with Crippen LogP contribution in [0.2, 0.25) is 0 Å². The third-order valence-electron chi connectivity index (χ3n) is 8.29. The standard InChI is InChI=1S/C32H47N5O2/c1-5-6-18-37-30(38)29(22-25(2)3)34-31(39)32(37)15-20-36(21-16-32)24-27-12-10-26(11-13-27)23-35(4)19-14-28-9-7-8-17-33-28/h7-13,17,25,29H,5-6,14-16,18-24H2,1-4H3,(H,34,39)/t29-/m0/s1. The van der Waals surface area contributed by atoms with Crippen LogP contribution in [0.4, 0.5) is 0 Å². The highest BCUT2D eigenvalue weighted by Gasteiger charge is 2.53. The number of hydrogen-bond donors (Lipinski definition) is 1. The number of amides is 2. The van der Waals surface area contributed by atoms with E-state index in [9.17, 15) is 9.59 Å². The summed E-state index contributed by atoms with van der Waals surface area (Å²) in [6, 6.07) is 14.6. The zero-order valence-electron chi connectivity index (χ0n) is 24.4. The average Bonchev–Trinajstić information content (AvgIpc) is 2.93. The molecule has 0 saturated carbocycles. The van der Waals surface area contributed by atoms with Crippen molar-refractivity contribution in [2.45, 2.75) is 84.0 Å². The molecule has 212 valence electrons. The van der Waals surface area contributed by atoms with E-state index >= 15 is 0 Å². The van der Waals surface area contributed by atoms with E-state index in [1.165, 1.54) is 11.1 Å². The number of pyridine rings is 1. The van der Waals surface area contributed by atoms with E-state index in [0.717, 1.165) is 57.7 Å². The van der Waals surface area contributed by atoms with Gasteiger partial charge in [0.25, 0.3) is 0 Å². The maximum Gasteiger partial charge on any atom is 0.246 e. The minimum Gasteiger partial charge on any atom is -0.342 e. The van der Waals surface area contributed by atoms with Gasteiger partial charge < -0.3 is 15.1 Å². The SMILES string of the molecule is CCCCN1C(=O)[C@H](CC(C)C)NC(=O)C12CCN(Cc1ccc(CN(C)CCc3ccccn3)cc1)CC2. The number of unbranched alkanes of at least 4 members (excludes halogenated alkanes) is 1. The van der Waals surface area contributed by atoms with Gasteiger partial charge in [-0.2, -0.15) is 0 Å². The number of rotatable bonds is 12. The molecule has 0 unspecified atom stereocenters. The molecule has 7 nitrogen and oxygen atoms in total. The third-order valence-corrected chi connectivity index (χ3v) is 8.29. The highest BCUT2D eigenvalue weighted by Crippen LogP contribution is 2.34. The Morgan fingerprint density at radius 3 is 2.44 bits per heavy atom. The Balaban J connectivity index is 1.30. The van der Waals surface area contributed by atoms with Crippen molar-refractivity contribution in [1.29, 1.82) is 0 Å². The first-order valence-electron chi connectivity index (χ1n) is 14.8. The summed E-state index contributed by atoms with van der Waals surface area (Å²) >= 11 is 0. The lowest BCUT2D eigenvalue weighted by molar-refractivity contribution is -0.161. The zero-order chi connectivity index (χ0) is 27.8. The average molecular weight is 534 g/mol. The topological polar surface area (TPSA) is 68.8 Å². The minimum absolute atomic E-state index is 0.0556. The first-order valence-corrected chi connectivity index (χ1v) is 14.8. The van der Waals surface area contributed by atoms with Gasteiger partial charge in [0, 0.05) is 57.6 Å². The van der Waals surface area contributed by atoms with Gasteiger partial charge in [0.2, 0.25) is 11.8 Å². The molecule has 0 radical (unpaired) electrons. The molecule has 2 saturated heterocycles. The van der Waals surface area contributed by atoms with Crippen molar-refractivity contribution in [2.24, 2.45) is 5.92 Å². The summed E-state index contributed by atoms with van der Waals surface area (Å²) < 4.78 is 0. The van der Waals surface area contributed by atoms with E-state index in [4.69, 9.17) is 0 Å². The zero-order valence-corrected chi connectivity index (χ0v) is 24.4. The second kappa shape index (κ2) is 13.5. The summed E-state index contributed by atoms with van der Waals surface area (Å²) in [6.45, 7) is 11.4. The number of carbonyl (C=O) groups excluding carboxylic acids is 2. The molecule has 1 spiro atoms. The molecule has 39 heavy (non-hydrogen) atoms. The molecule has 1 N–H and O–H groups in total. The van der Waals surface area contributed by atoms with Crippen LogP contribution in [0.3, 0.4) is 0 Å². The number of nitrogens with zero attached hydrogens (tertiary/aromatic N) is 4. The van der Waals surface area contributed by atoms with Gasteiger partial charge in [-0.05, 0) is 61.9 Å². The number of nitrogens with one attached hydrogen (secondary N) is 1. The second-order valence-electron chi connectivity index (χ2n) is 11.9. The van der Waals surface area contributed by atoms with Crippen LogP contribution in [0.1, 0.15) is 69.7 Å². The highest BCUT2D eigenvalue weighted by atomic mass is 16.2. The number of hydrogen-bond acceptors (Lipinski definition) is 5. The van der Waals surface area contributed by atoms with E-state index in [0.29, 0.717) is 31.7 Å². The first kappa shape index (κ1) is 29.2. The van der Waals surface area contributed by atoms with Crippen LogP contribution in [0.5, 0.6) is 0 Å². The van der Waals surface area contributed by atoms with Crippen molar-refractivity contribution < 1.29 is 9.59 Å². The second-order valence-corrected chi connectivity index (χ2v) is 11.9. The van der Waals surface area contributed by atoms with Crippen molar-refractivity contribution >= 4 is 11.8 Å². The smallest absolute Gasteiger partial charge is 0.246 e. The maximum absolute atomic E-state index is 13.5. The fraction of sp³-hybridized carbons (Fsp3) is 0.594. The van der Waals surface area contributed by atoms with E-state index in [-0.39, 0.29) is 17.9 Å². The van der Waals surface area contributed by atoms with E-state index in [1.807, 2.05) is 23.2 Å². The maximum atomic E-state index is 13.5. The van der Waals surface area contributed by atoms with Crippen LogP contribution >= 0.6 is 0 Å². The van der Waals surface area contributed by atoms with Crippen molar-refractivity contribution in [3.63, 3.8) is 0 Å². The fourth-order valence-electron chi connectivity index (χ4n) is 5.98. The number of likely N-dealkylation sites (tertiary alicyclic amines) is 1. The number of benzene rings is 1. The van der Waals surface area contributed by atoms with Crippen molar-refractivity contribution in [3.05, 3.63) is 65.5 Å². The molecular formula is C32H47N5O2. The first-order chi connectivity index (χ1) is 18.8. The molecule has 1 aromatic heterocycles. The number of likely N-dealkylation sites (N-methyl/N-ethyl adjacent to an activating group) is 1. The van der Waals surface area contributed by atoms with Crippen molar-refractivity contribution in [1.82, 2.24) is 25.0 Å². The minimum atomic E-state index is -0.694. The predicted molar refractivity (Wildman–Crippen MR) is 156 cm³/mol. The molecule has 4 rings (SSSR count). The highest BCUT2D eigenvalue weighted by molar-refractivity contribution is 6.00. The molecule has 0 bridgehead atoms. The van der Waals surface area contributed by atoms with E-state index in [1.54, 1.807) is 0 Å². The molecular weight excluding hydrogens is 486 g/mol. The van der Waals surface area contributed by atoms with Gasteiger partial charge in [-0.25, -0.2) is 0 Å². The number of piperidine rings is 1. The monoisotopic (exact) mass is 533 g/mol. The van der Waals surface area contributed by atoms with E-state index < -0.39 is 5.54 Å². The Morgan fingerprint density at radius 1 is 1.08 bits per heavy atom. The van der Waals surface area contributed by atoms with Gasteiger partial charge >= 0.3 is 0 Å². The molecule has 7 heteroatoms. The Morgan fingerprint density at radius 2 is 1.79 bits per heavy atom. The van der Waals surface area contributed by atoms with Crippen LogP contribution in [0.25, 0.3) is 0 Å². The number of piperazine rings is 1. The number of carbonyl (C=O) groups is 2. The van der Waals surface area contributed by atoms with Crippen LogP contribution in [0, 0.1) is 5.92 Å². The molecule has 3 heterocycles. The lowest BCUT2D eigenvalue weighted by Gasteiger charge is -2.52. The van der Waals surface area contributed by atoms with E-state index in [2.05, 4.69) is 78.3 Å². The normalized spacial score (nSPS) is 19.7. The van der Waals surface area contributed by atoms with Crippen molar-refractivity contribution in [3.8, 4) is 0 Å². The molecule has 2 aliphatic rings. The molecule has 2 amide bonds. The van der Waals surface area contributed by atoms with Gasteiger partial charge in [0.15, 0.2) is 0 Å². The molecule has 0 aliphatic carbocycles. The fourth-order valence-corrected chi connectivity index (χ4v) is 5.98. The third kappa shape index (κ3) is 7.46. The van der Waals surface area contributed by atoms with Gasteiger partial charge in [0.05, 0.1) is 0 Å². The summed E-state index contributed by atoms with van der Waals surface area (Å²) in [4.78, 5) is 38.1. The number of aromatic nitrogens is 1. The quantitative estimate of drug-likeness (QED) is 0.442. The molecule has 2 aliphatic heterocycles. The van der Waals surface area contributed by atoms with Gasteiger partial charge in [0.1, 0.15) is 11.6 Å². The molecule has 1 atom stereocenters. The molecule has 2 fully saturated rings. The van der Waals surface area contributed by atoms with Crippen LogP contribution in [0.15, 0.2) is 48.7 Å². The molecule has 2 aromatic rings. The Bertz CT molecular complexity index is 1060. The summed E-state index contributed by atoms with van der Waals surface area (Å²) in [5.41, 5.74) is 3.02. The largest absolute Gasteiger partial charge is 0.342 e. The lowest BCUT2D eigenvalue weighted by atomic mass is 9.80. The Kier molecular flexibility index (Phi) is 10.1. The summed E-state index contributed by atoms with van der Waals surface area (Å²) in [6.07, 6.45) is 6.84. The van der Waals surface area contributed by atoms with Crippen molar-refractivity contribution in [2.75, 3.05) is 33.2 Å². The summed E-state index contributed by atoms with van der Waals surface area (Å²) in [5, 5.41) is 3.11. The van der Waals surface area contributed by atoms with Crippen LogP contribution < -0.4 is 5.32 Å². The summed E-state index contributed by atoms with van der Waals surface area (Å²) in [5.74, 6) is 0.535.